The van der Waals surface area contributed by atoms with Crippen LogP contribution >= 0.6 is 0 Å². The Morgan fingerprint density at radius 2 is 0.441 bits per heavy atom. The van der Waals surface area contributed by atoms with Gasteiger partial charge in [0.1, 0.15) is 0 Å². The molecule has 6 heteroatoms. The predicted molar refractivity (Wildman–Crippen MR) is 384 cm³/mol. The quantitative estimate of drug-likeness (QED) is 0.127. The molecular weight excluding hydrogens is 1130 g/mol. The van der Waals surface area contributed by atoms with E-state index < -0.39 is 0 Å². The van der Waals surface area contributed by atoms with Gasteiger partial charge in [0.15, 0.2) is 34.9 Å². The molecule has 0 fully saturated rings. The maximum atomic E-state index is 4.94. The molecule has 0 unspecified atom stereocenters. The maximum absolute atomic E-state index is 4.94. The van der Waals surface area contributed by atoms with Crippen molar-refractivity contribution in [2.75, 3.05) is 0 Å². The van der Waals surface area contributed by atoms with Gasteiger partial charge in [-0.25, -0.2) is 29.9 Å². The predicted octanol–water partition coefficient (Wildman–Crippen LogP) is 22.2. The van der Waals surface area contributed by atoms with Gasteiger partial charge in [0.25, 0.3) is 0 Å². The van der Waals surface area contributed by atoms with Gasteiger partial charge in [0, 0.05) is 38.8 Å². The molecule has 0 radical (unpaired) electrons. The average Bonchev–Trinajstić information content (AvgIpc) is 1.60. The molecular formula is C87H60N6. The monoisotopic (exact) mass is 1190 g/mol. The summed E-state index contributed by atoms with van der Waals surface area (Å²) >= 11 is 0. The maximum Gasteiger partial charge on any atom is 0.164 e. The van der Waals surface area contributed by atoms with Crippen molar-refractivity contribution < 1.29 is 0 Å². The fourth-order valence-electron chi connectivity index (χ4n) is 13.3. The largest absolute Gasteiger partial charge is 0.208 e. The van der Waals surface area contributed by atoms with E-state index >= 15 is 0 Å². The van der Waals surface area contributed by atoms with E-state index in [0.717, 1.165) is 55.6 Å². The highest BCUT2D eigenvalue weighted by Crippen LogP contribution is 2.50. The molecule has 1 aliphatic carbocycles. The lowest BCUT2D eigenvalue weighted by Gasteiger charge is -2.22. The van der Waals surface area contributed by atoms with Crippen LogP contribution < -0.4 is 0 Å². The molecule has 2 heterocycles. The summed E-state index contributed by atoms with van der Waals surface area (Å²) in [5.41, 5.74) is 20.5. The normalized spacial score (nSPS) is 12.1. The lowest BCUT2D eigenvalue weighted by molar-refractivity contribution is 0.660. The number of rotatable bonds is 10. The lowest BCUT2D eigenvalue weighted by atomic mass is 9.81. The smallest absolute Gasteiger partial charge is 0.164 e. The summed E-state index contributed by atoms with van der Waals surface area (Å²) in [5, 5.41) is 7.71. The van der Waals surface area contributed by atoms with Gasteiger partial charge < -0.3 is 0 Å². The van der Waals surface area contributed by atoms with E-state index in [4.69, 9.17) is 29.9 Å². The molecule has 93 heavy (non-hydrogen) atoms. The Morgan fingerprint density at radius 1 is 0.172 bits per heavy atom. The average molecular weight is 1190 g/mol. The third-order valence-corrected chi connectivity index (χ3v) is 18.0. The first-order chi connectivity index (χ1) is 45.8. The fraction of sp³-hybridized carbons (Fsp3) is 0.0345. The molecule has 0 spiro atoms. The molecule has 0 aliphatic heterocycles. The van der Waals surface area contributed by atoms with Gasteiger partial charge in [-0.3, -0.25) is 0 Å². The van der Waals surface area contributed by atoms with Gasteiger partial charge in [0.2, 0.25) is 0 Å². The van der Waals surface area contributed by atoms with Gasteiger partial charge >= 0.3 is 0 Å². The highest BCUT2D eigenvalue weighted by atomic mass is 15.0. The summed E-state index contributed by atoms with van der Waals surface area (Å²) in [5.74, 6) is 3.95. The molecule has 0 bridgehead atoms. The van der Waals surface area contributed by atoms with Crippen molar-refractivity contribution in [3.63, 3.8) is 0 Å². The Morgan fingerprint density at radius 3 is 0.892 bits per heavy atom. The van der Waals surface area contributed by atoms with Crippen molar-refractivity contribution in [3.05, 3.63) is 339 Å². The molecule has 438 valence electrons. The second-order valence-electron chi connectivity index (χ2n) is 24.2. The van der Waals surface area contributed by atoms with Gasteiger partial charge in [-0.15, -0.1) is 0 Å². The van der Waals surface area contributed by atoms with Crippen LogP contribution in [-0.2, 0) is 5.41 Å². The first-order valence-corrected chi connectivity index (χ1v) is 31.6. The van der Waals surface area contributed by atoms with E-state index in [-0.39, 0.29) is 5.41 Å². The van der Waals surface area contributed by atoms with Gasteiger partial charge in [-0.2, -0.15) is 0 Å². The van der Waals surface area contributed by atoms with Crippen LogP contribution in [0.1, 0.15) is 25.0 Å². The molecule has 0 amide bonds. The van der Waals surface area contributed by atoms with Gasteiger partial charge in [0.05, 0.1) is 0 Å². The van der Waals surface area contributed by atoms with Crippen LogP contribution in [0.25, 0.3) is 156 Å². The van der Waals surface area contributed by atoms with Crippen LogP contribution in [0.15, 0.2) is 328 Å². The van der Waals surface area contributed by atoms with Gasteiger partial charge in [-0.05, 0) is 129 Å². The Bertz CT molecular complexity index is 5310. The molecule has 16 aromatic rings. The molecule has 0 saturated carbocycles. The van der Waals surface area contributed by atoms with E-state index in [1.54, 1.807) is 0 Å². The van der Waals surface area contributed by atoms with Crippen LogP contribution in [0.3, 0.4) is 0 Å². The molecule has 14 aromatic carbocycles. The van der Waals surface area contributed by atoms with E-state index in [0.29, 0.717) is 34.9 Å². The van der Waals surface area contributed by atoms with Crippen LogP contribution in [-0.4, -0.2) is 29.9 Å². The van der Waals surface area contributed by atoms with Crippen molar-refractivity contribution in [1.29, 1.82) is 0 Å². The van der Waals surface area contributed by atoms with Crippen molar-refractivity contribution >= 4 is 32.3 Å². The third kappa shape index (κ3) is 10.9. The molecule has 0 N–H and O–H groups in total. The first-order valence-electron chi connectivity index (χ1n) is 31.6. The highest BCUT2D eigenvalue weighted by molar-refractivity contribution is 6.25. The standard InChI is InChI=1S/C45H29N3.C42H31N3/c1-3-12-31(13-4-1)43-46-44(32-14-5-2-6-15-32)48-45(47-43)33-24-22-30(23-25-33)34-16-11-17-35(28-34)36-26-27-41-39-20-8-7-18-37(39)38-19-9-10-21-40(38)42(41)29-36;1-42(2)37-22-10-9-21-35(37)36-24-23-33(27-38(36)42)31-18-11-17-30(25-31)32-19-12-20-34(26-32)41-44-39(28-13-5-3-6-14-28)43-40(45-41)29-15-7-4-8-16-29/h1-29H;3-27H,1-2H3. The second-order valence-corrected chi connectivity index (χ2v) is 24.2. The lowest BCUT2D eigenvalue weighted by Crippen LogP contribution is -2.14. The van der Waals surface area contributed by atoms with E-state index in [9.17, 15) is 0 Å². The zero-order valence-corrected chi connectivity index (χ0v) is 51.4. The van der Waals surface area contributed by atoms with Crippen LogP contribution in [0.4, 0.5) is 0 Å². The fourth-order valence-corrected chi connectivity index (χ4v) is 13.3. The summed E-state index contributed by atoms with van der Waals surface area (Å²) in [7, 11) is 0. The molecule has 17 rings (SSSR count). The number of aromatic nitrogens is 6. The summed E-state index contributed by atoms with van der Waals surface area (Å²) < 4.78 is 0. The molecule has 2 aromatic heterocycles. The second kappa shape index (κ2) is 24.0. The summed E-state index contributed by atoms with van der Waals surface area (Å²) in [4.78, 5) is 29.4. The number of benzene rings is 14. The minimum absolute atomic E-state index is 0.0321. The van der Waals surface area contributed by atoms with E-state index in [1.165, 1.54) is 76.8 Å². The Balaban J connectivity index is 0.000000148. The minimum atomic E-state index is -0.0321. The van der Waals surface area contributed by atoms with Gasteiger partial charge in [-0.1, -0.05) is 311 Å². The minimum Gasteiger partial charge on any atom is -0.208 e. The molecule has 0 atom stereocenters. The Hall–Kier alpha value is -12.1. The van der Waals surface area contributed by atoms with Crippen LogP contribution in [0.5, 0.6) is 0 Å². The third-order valence-electron chi connectivity index (χ3n) is 18.0. The van der Waals surface area contributed by atoms with Crippen molar-refractivity contribution in [3.8, 4) is 124 Å². The summed E-state index contributed by atoms with van der Waals surface area (Å²) in [6.45, 7) is 4.66. The number of nitrogens with zero attached hydrogens (tertiary/aromatic N) is 6. The SMILES string of the molecule is CC1(C)c2ccccc2-c2ccc(-c3cccc(-c4cccc(-c5nc(-c6ccccc6)nc(-c6ccccc6)n5)c4)c3)cc21.c1ccc(-c2nc(-c3ccccc3)nc(-c3ccc(-c4cccc(-c5ccc6c7ccccc7c7ccccc7c6c5)c4)cc3)n2)cc1. The number of fused-ring (bicyclic) bond motifs is 9. The Kier molecular flexibility index (Phi) is 14.5. The first kappa shape index (κ1) is 56.1. The molecule has 0 saturated heterocycles. The number of hydrogen-bond donors (Lipinski definition) is 0. The summed E-state index contributed by atoms with van der Waals surface area (Å²) in [6.07, 6.45) is 0. The van der Waals surface area contributed by atoms with E-state index in [2.05, 4.69) is 220 Å². The Labute approximate surface area is 541 Å². The number of hydrogen-bond acceptors (Lipinski definition) is 6. The van der Waals surface area contributed by atoms with Crippen molar-refractivity contribution in [2.45, 2.75) is 19.3 Å². The zero-order valence-electron chi connectivity index (χ0n) is 51.4. The van der Waals surface area contributed by atoms with E-state index in [1.807, 2.05) is 121 Å². The zero-order chi connectivity index (χ0) is 62.2. The van der Waals surface area contributed by atoms with Crippen molar-refractivity contribution in [1.82, 2.24) is 29.9 Å². The highest BCUT2D eigenvalue weighted by Gasteiger charge is 2.35. The topological polar surface area (TPSA) is 77.3 Å². The molecule has 6 nitrogen and oxygen atoms in total. The summed E-state index contributed by atoms with van der Waals surface area (Å²) in [6, 6.07) is 115. The van der Waals surface area contributed by atoms with Crippen molar-refractivity contribution in [2.24, 2.45) is 0 Å². The molecule has 1 aliphatic rings. The van der Waals surface area contributed by atoms with Crippen LogP contribution in [0, 0.1) is 0 Å². The van der Waals surface area contributed by atoms with Crippen LogP contribution in [0.2, 0.25) is 0 Å².